The molecular weight excluding hydrogens is 590 g/mol. The van der Waals surface area contributed by atoms with E-state index < -0.39 is 29.9 Å². The van der Waals surface area contributed by atoms with Gasteiger partial charge in [-0.1, -0.05) is 6.92 Å². The highest BCUT2D eigenvalue weighted by Gasteiger charge is 2.20. The van der Waals surface area contributed by atoms with Crippen LogP contribution in [0.3, 0.4) is 0 Å². The molecule has 0 saturated heterocycles. The molecule has 4 rings (SSSR count). The molecule has 0 fully saturated rings. The molecule has 0 spiro atoms. The molecule has 7 N–H and O–H groups in total. The van der Waals surface area contributed by atoms with Crippen molar-refractivity contribution in [2.24, 2.45) is 5.73 Å². The SMILES string of the molecule is CCc1cc(Nc2nccn3c(-c4ccc(OC)c(F)c4F)cnc23)ccc1C(=O)NCCN[C@H](N)CC[C@@H](C=O)NC(=O)O. The molecule has 0 bridgehead atoms. The summed E-state index contributed by atoms with van der Waals surface area (Å²) >= 11 is 0. The number of hydrogen-bond acceptors (Lipinski definition) is 9. The molecule has 0 radical (unpaired) electrons. The smallest absolute Gasteiger partial charge is 0.405 e. The minimum atomic E-state index is -1.28. The summed E-state index contributed by atoms with van der Waals surface area (Å²) in [4.78, 5) is 43.3. The number of methoxy groups -OCH3 is 1. The number of benzene rings is 2. The van der Waals surface area contributed by atoms with Crippen molar-refractivity contribution in [3.8, 4) is 17.0 Å². The molecule has 13 nitrogen and oxygen atoms in total. The van der Waals surface area contributed by atoms with Crippen molar-refractivity contribution in [1.29, 1.82) is 0 Å². The lowest BCUT2D eigenvalue weighted by atomic mass is 10.0. The van der Waals surface area contributed by atoms with Crippen LogP contribution >= 0.6 is 0 Å². The fraction of sp³-hybridized carbons (Fsp3) is 0.300. The van der Waals surface area contributed by atoms with Gasteiger partial charge in [0.1, 0.15) is 6.29 Å². The highest BCUT2D eigenvalue weighted by molar-refractivity contribution is 5.96. The number of nitrogens with one attached hydrogen (secondary N) is 4. The number of carbonyl (C=O) groups excluding carboxylic acids is 2. The average molecular weight is 625 g/mol. The molecule has 45 heavy (non-hydrogen) atoms. The van der Waals surface area contributed by atoms with Crippen molar-refractivity contribution < 1.29 is 33.0 Å². The first-order valence-corrected chi connectivity index (χ1v) is 14.1. The Labute approximate surface area is 257 Å². The second-order valence-corrected chi connectivity index (χ2v) is 9.99. The number of aryl methyl sites for hydroxylation is 1. The van der Waals surface area contributed by atoms with E-state index in [4.69, 9.17) is 15.6 Å². The predicted molar refractivity (Wildman–Crippen MR) is 163 cm³/mol. The molecule has 15 heteroatoms. The number of carboxylic acid groups (broad SMARTS) is 1. The highest BCUT2D eigenvalue weighted by Crippen LogP contribution is 2.31. The Morgan fingerprint density at radius 2 is 1.93 bits per heavy atom. The van der Waals surface area contributed by atoms with E-state index in [1.54, 1.807) is 22.7 Å². The van der Waals surface area contributed by atoms with E-state index in [1.807, 2.05) is 13.0 Å². The van der Waals surface area contributed by atoms with Crippen molar-refractivity contribution in [2.75, 3.05) is 25.5 Å². The summed E-state index contributed by atoms with van der Waals surface area (Å²) in [6.45, 7) is 2.57. The number of rotatable bonds is 15. The molecule has 2 atom stereocenters. The lowest BCUT2D eigenvalue weighted by molar-refractivity contribution is -0.109. The largest absolute Gasteiger partial charge is 0.494 e. The Balaban J connectivity index is 1.38. The van der Waals surface area contributed by atoms with Gasteiger partial charge in [0.2, 0.25) is 5.82 Å². The number of imidazole rings is 1. The molecule has 238 valence electrons. The zero-order valence-electron chi connectivity index (χ0n) is 24.6. The molecule has 0 saturated carbocycles. The van der Waals surface area contributed by atoms with Crippen LogP contribution in [0.2, 0.25) is 0 Å². The molecule has 2 aromatic carbocycles. The minimum Gasteiger partial charge on any atom is -0.494 e. The lowest BCUT2D eigenvalue weighted by Gasteiger charge is -2.17. The van der Waals surface area contributed by atoms with Gasteiger partial charge < -0.3 is 41.6 Å². The first-order chi connectivity index (χ1) is 21.7. The molecule has 0 aliphatic heterocycles. The van der Waals surface area contributed by atoms with Crippen molar-refractivity contribution >= 4 is 35.4 Å². The van der Waals surface area contributed by atoms with Gasteiger partial charge in [0.15, 0.2) is 23.0 Å². The van der Waals surface area contributed by atoms with E-state index in [9.17, 15) is 23.2 Å². The standard InChI is InChI=1S/C30H34F2N8O5/c1-3-17-14-18(4-6-20(17)29(42)36-11-10-34-24(33)9-5-19(16-41)39-30(43)44)38-27-28-37-15-22(40(28)13-12-35-27)21-7-8-23(45-2)26(32)25(21)31/h4,6-8,12-16,19,24,34,39H,3,5,9-11,33H2,1-2H3,(H,35,38)(H,36,42)(H,43,44)/t19-,24-/m0/s1. The summed E-state index contributed by atoms with van der Waals surface area (Å²) in [6, 6.07) is 7.17. The van der Waals surface area contributed by atoms with E-state index in [1.165, 1.54) is 31.6 Å². The van der Waals surface area contributed by atoms with Crippen LogP contribution in [0, 0.1) is 11.6 Å². The third-order valence-corrected chi connectivity index (χ3v) is 7.04. The van der Waals surface area contributed by atoms with Crippen LogP contribution in [0.1, 0.15) is 35.7 Å². The van der Waals surface area contributed by atoms with Crippen molar-refractivity contribution in [3.63, 3.8) is 0 Å². The molecule has 0 aliphatic rings. The Bertz CT molecular complexity index is 1680. The molecule has 0 unspecified atom stereocenters. The molecule has 4 aromatic rings. The lowest BCUT2D eigenvalue weighted by Crippen LogP contribution is -2.43. The van der Waals surface area contributed by atoms with Crippen molar-refractivity contribution in [1.82, 2.24) is 30.3 Å². The molecule has 2 aromatic heterocycles. The maximum atomic E-state index is 14.8. The summed E-state index contributed by atoms with van der Waals surface area (Å²) in [6.07, 6.45) is 4.44. The van der Waals surface area contributed by atoms with Gasteiger partial charge in [0, 0.05) is 42.3 Å². The van der Waals surface area contributed by atoms with Gasteiger partial charge in [-0.25, -0.2) is 19.2 Å². The van der Waals surface area contributed by atoms with E-state index in [0.717, 1.165) is 5.56 Å². The first kappa shape index (κ1) is 32.8. The summed E-state index contributed by atoms with van der Waals surface area (Å²) in [7, 11) is 1.26. The molecule has 2 amide bonds. The van der Waals surface area contributed by atoms with Crippen LogP contribution < -0.4 is 31.7 Å². The van der Waals surface area contributed by atoms with Gasteiger partial charge >= 0.3 is 6.09 Å². The third kappa shape index (κ3) is 7.87. The van der Waals surface area contributed by atoms with Crippen LogP contribution in [0.15, 0.2) is 48.9 Å². The Morgan fingerprint density at radius 3 is 2.64 bits per heavy atom. The predicted octanol–water partition coefficient (Wildman–Crippen LogP) is 3.21. The fourth-order valence-corrected chi connectivity index (χ4v) is 4.74. The number of nitrogens with two attached hydrogens (primary N) is 1. The van der Waals surface area contributed by atoms with Crippen LogP contribution in [0.5, 0.6) is 5.75 Å². The zero-order chi connectivity index (χ0) is 32.5. The van der Waals surface area contributed by atoms with Gasteiger partial charge in [-0.05, 0) is 55.2 Å². The number of anilines is 2. The van der Waals surface area contributed by atoms with E-state index in [2.05, 4.69) is 31.2 Å². The van der Waals surface area contributed by atoms with Gasteiger partial charge in [-0.15, -0.1) is 0 Å². The first-order valence-electron chi connectivity index (χ1n) is 14.1. The van der Waals surface area contributed by atoms with Gasteiger partial charge in [0.25, 0.3) is 5.91 Å². The summed E-state index contributed by atoms with van der Waals surface area (Å²) in [5.41, 5.74) is 8.62. The monoisotopic (exact) mass is 624 g/mol. The number of nitrogens with zero attached hydrogens (tertiary/aromatic N) is 3. The number of amides is 2. The molecule has 2 heterocycles. The molecular formula is C30H34F2N8O5. The quantitative estimate of drug-likeness (QED) is 0.0652. The van der Waals surface area contributed by atoms with Crippen LogP contribution in [-0.4, -0.2) is 70.2 Å². The fourth-order valence-electron chi connectivity index (χ4n) is 4.74. The minimum absolute atomic E-state index is 0.0124. The molecule has 0 aliphatic carbocycles. The average Bonchev–Trinajstić information content (AvgIpc) is 3.47. The number of carbonyl (C=O) groups is 3. The Morgan fingerprint density at radius 1 is 1.13 bits per heavy atom. The summed E-state index contributed by atoms with van der Waals surface area (Å²) in [5.74, 6) is -2.25. The van der Waals surface area contributed by atoms with Crippen molar-refractivity contribution in [3.05, 3.63) is 71.7 Å². The number of ether oxygens (including phenoxy) is 1. The van der Waals surface area contributed by atoms with Crippen molar-refractivity contribution in [2.45, 2.75) is 38.4 Å². The van der Waals surface area contributed by atoms with Gasteiger partial charge in [-0.2, -0.15) is 4.39 Å². The van der Waals surface area contributed by atoms with E-state index >= 15 is 0 Å². The normalized spacial score (nSPS) is 12.4. The van der Waals surface area contributed by atoms with Crippen LogP contribution in [0.25, 0.3) is 16.9 Å². The summed E-state index contributed by atoms with van der Waals surface area (Å²) in [5, 5.41) is 19.9. The van der Waals surface area contributed by atoms with E-state index in [0.29, 0.717) is 54.1 Å². The Hall–Kier alpha value is -5.15. The number of aldehydes is 1. The second-order valence-electron chi connectivity index (χ2n) is 9.99. The number of fused-ring (bicyclic) bond motifs is 1. The number of aromatic nitrogens is 3. The third-order valence-electron chi connectivity index (χ3n) is 7.04. The van der Waals surface area contributed by atoms with E-state index in [-0.39, 0.29) is 30.2 Å². The zero-order valence-corrected chi connectivity index (χ0v) is 24.6. The maximum absolute atomic E-state index is 14.8. The van der Waals surface area contributed by atoms with Gasteiger partial charge in [-0.3, -0.25) is 9.20 Å². The van der Waals surface area contributed by atoms with Crippen LogP contribution in [-0.2, 0) is 11.2 Å². The second kappa shape index (κ2) is 15.0. The number of hydrogen-bond donors (Lipinski definition) is 6. The topological polar surface area (TPSA) is 185 Å². The number of halogens is 2. The highest BCUT2D eigenvalue weighted by atomic mass is 19.2. The van der Waals surface area contributed by atoms with Gasteiger partial charge in [0.05, 0.1) is 31.2 Å². The van der Waals surface area contributed by atoms with Crippen LogP contribution in [0.4, 0.5) is 25.1 Å². The summed E-state index contributed by atoms with van der Waals surface area (Å²) < 4.78 is 35.6. The maximum Gasteiger partial charge on any atom is 0.405 e. The Kier molecular flexibility index (Phi) is 10.9.